The SMILES string of the molecule is Nn1c(SCc2cccc(Cl)c2)nnc(CCC(=O)[O-])c1=O. The van der Waals surface area contributed by atoms with Gasteiger partial charge in [0.1, 0.15) is 5.69 Å². The van der Waals surface area contributed by atoms with Crippen molar-refractivity contribution >= 4 is 29.3 Å². The lowest BCUT2D eigenvalue weighted by molar-refractivity contribution is -0.305. The highest BCUT2D eigenvalue weighted by Gasteiger charge is 2.11. The average molecular weight is 340 g/mol. The molecular formula is C13H12ClN4O3S-. The Hall–Kier alpha value is -2.06. The van der Waals surface area contributed by atoms with Gasteiger partial charge >= 0.3 is 0 Å². The van der Waals surface area contributed by atoms with Gasteiger partial charge in [-0.05, 0) is 24.1 Å². The van der Waals surface area contributed by atoms with Crippen molar-refractivity contribution in [1.29, 1.82) is 0 Å². The van der Waals surface area contributed by atoms with Crippen LogP contribution in [0.3, 0.4) is 0 Å². The molecule has 0 unspecified atom stereocenters. The van der Waals surface area contributed by atoms with Gasteiger partial charge in [-0.25, -0.2) is 0 Å². The Bertz CT molecular complexity index is 750. The van der Waals surface area contributed by atoms with E-state index in [-0.39, 0.29) is 23.7 Å². The van der Waals surface area contributed by atoms with Crippen molar-refractivity contribution in [2.45, 2.75) is 23.8 Å². The molecule has 2 N–H and O–H groups in total. The molecule has 2 aromatic rings. The molecule has 2 rings (SSSR count). The Labute approximate surface area is 135 Å². The quantitative estimate of drug-likeness (QED) is 0.581. The van der Waals surface area contributed by atoms with Crippen LogP contribution in [0.4, 0.5) is 0 Å². The van der Waals surface area contributed by atoms with E-state index in [0.29, 0.717) is 10.8 Å². The van der Waals surface area contributed by atoms with Crippen LogP contribution in [0.5, 0.6) is 0 Å². The first-order valence-corrected chi connectivity index (χ1v) is 7.64. The zero-order valence-electron chi connectivity index (χ0n) is 11.4. The second kappa shape index (κ2) is 7.28. The second-order valence-corrected chi connectivity index (χ2v) is 5.77. The van der Waals surface area contributed by atoms with Crippen molar-refractivity contribution < 1.29 is 9.90 Å². The van der Waals surface area contributed by atoms with Crippen molar-refractivity contribution in [3.05, 3.63) is 50.9 Å². The van der Waals surface area contributed by atoms with Crippen LogP contribution in [-0.2, 0) is 17.0 Å². The first kappa shape index (κ1) is 16.3. The van der Waals surface area contributed by atoms with E-state index in [4.69, 9.17) is 17.4 Å². The first-order chi connectivity index (χ1) is 10.5. The number of nitrogen functional groups attached to an aromatic ring is 1. The highest BCUT2D eigenvalue weighted by atomic mass is 35.5. The number of nitrogens with zero attached hydrogens (tertiary/aromatic N) is 3. The van der Waals surface area contributed by atoms with Crippen LogP contribution < -0.4 is 16.5 Å². The molecule has 1 aromatic carbocycles. The highest BCUT2D eigenvalue weighted by molar-refractivity contribution is 7.98. The summed E-state index contributed by atoms with van der Waals surface area (Å²) in [6.45, 7) is 0. The van der Waals surface area contributed by atoms with Gasteiger partial charge in [0.2, 0.25) is 5.16 Å². The molecule has 0 fully saturated rings. The maximum Gasteiger partial charge on any atom is 0.294 e. The number of thioether (sulfide) groups is 1. The summed E-state index contributed by atoms with van der Waals surface area (Å²) in [5, 5.41) is 18.9. The van der Waals surface area contributed by atoms with Crippen molar-refractivity contribution in [3.8, 4) is 0 Å². The molecule has 1 aromatic heterocycles. The molecule has 1 heterocycles. The molecule has 7 nitrogen and oxygen atoms in total. The Morgan fingerprint density at radius 3 is 2.86 bits per heavy atom. The Morgan fingerprint density at radius 1 is 1.41 bits per heavy atom. The maximum atomic E-state index is 12.0. The van der Waals surface area contributed by atoms with E-state index in [2.05, 4.69) is 10.2 Å². The van der Waals surface area contributed by atoms with Gasteiger partial charge in [-0.15, -0.1) is 10.2 Å². The lowest BCUT2D eigenvalue weighted by atomic mass is 10.2. The molecular weight excluding hydrogens is 328 g/mol. The molecule has 116 valence electrons. The standard InChI is InChI=1S/C13H13ClN4O3S/c14-9-3-1-2-8(6-9)7-22-13-17-16-10(4-5-11(19)20)12(21)18(13)15/h1-3,6H,4-5,7,15H2,(H,19,20)/p-1. The van der Waals surface area contributed by atoms with Gasteiger partial charge in [-0.3, -0.25) is 4.79 Å². The van der Waals surface area contributed by atoms with Crippen LogP contribution in [0, 0.1) is 0 Å². The third-order valence-corrected chi connectivity index (χ3v) is 4.00. The number of hydrogen-bond acceptors (Lipinski definition) is 7. The third kappa shape index (κ3) is 4.22. The summed E-state index contributed by atoms with van der Waals surface area (Å²) < 4.78 is 0.868. The van der Waals surface area contributed by atoms with E-state index in [1.54, 1.807) is 12.1 Å². The van der Waals surface area contributed by atoms with Crippen LogP contribution in [0.25, 0.3) is 0 Å². The number of hydrogen-bond donors (Lipinski definition) is 1. The Kier molecular flexibility index (Phi) is 5.40. The van der Waals surface area contributed by atoms with Gasteiger partial charge in [-0.2, -0.15) is 4.68 Å². The minimum atomic E-state index is -1.26. The van der Waals surface area contributed by atoms with Gasteiger partial charge in [0.05, 0.1) is 0 Å². The maximum absolute atomic E-state index is 12.0. The largest absolute Gasteiger partial charge is 0.550 e. The van der Waals surface area contributed by atoms with Crippen LogP contribution >= 0.6 is 23.4 Å². The molecule has 22 heavy (non-hydrogen) atoms. The topological polar surface area (TPSA) is 114 Å². The molecule has 0 saturated heterocycles. The van der Waals surface area contributed by atoms with Crippen molar-refractivity contribution in [3.63, 3.8) is 0 Å². The number of carbonyl (C=O) groups excluding carboxylic acids is 1. The smallest absolute Gasteiger partial charge is 0.294 e. The van der Waals surface area contributed by atoms with Crippen LogP contribution in [0.15, 0.2) is 34.2 Å². The summed E-state index contributed by atoms with van der Waals surface area (Å²) in [5.41, 5.74) is 0.386. The van der Waals surface area contributed by atoms with Crippen molar-refractivity contribution in [2.75, 3.05) is 5.84 Å². The van der Waals surface area contributed by atoms with Crippen LogP contribution in [0.2, 0.25) is 5.02 Å². The van der Waals surface area contributed by atoms with Crippen LogP contribution in [-0.4, -0.2) is 20.8 Å². The van der Waals surface area contributed by atoms with Crippen molar-refractivity contribution in [1.82, 2.24) is 14.9 Å². The predicted octanol–water partition coefficient (Wildman–Crippen LogP) is -0.0197. The summed E-state index contributed by atoms with van der Waals surface area (Å²) in [4.78, 5) is 22.4. The number of halogens is 1. The summed E-state index contributed by atoms with van der Waals surface area (Å²) in [6, 6.07) is 7.28. The number of benzene rings is 1. The molecule has 0 aliphatic carbocycles. The Morgan fingerprint density at radius 2 is 2.18 bits per heavy atom. The normalized spacial score (nSPS) is 10.6. The minimum absolute atomic E-state index is 0.00111. The number of aryl methyl sites for hydroxylation is 1. The Balaban J connectivity index is 2.10. The summed E-state index contributed by atoms with van der Waals surface area (Å²) in [5.74, 6) is 4.93. The molecule has 0 atom stereocenters. The average Bonchev–Trinajstić information content (AvgIpc) is 2.47. The van der Waals surface area contributed by atoms with Crippen molar-refractivity contribution in [2.24, 2.45) is 0 Å². The summed E-state index contributed by atoms with van der Waals surface area (Å²) in [6.07, 6.45) is -0.371. The van der Waals surface area contributed by atoms with E-state index >= 15 is 0 Å². The van der Waals surface area contributed by atoms with Gasteiger partial charge in [0.15, 0.2) is 0 Å². The number of nitrogens with two attached hydrogens (primary N) is 1. The fourth-order valence-electron chi connectivity index (χ4n) is 1.67. The van der Waals surface area contributed by atoms with Crippen LogP contribution in [0.1, 0.15) is 17.7 Å². The number of aromatic nitrogens is 3. The van der Waals surface area contributed by atoms with E-state index < -0.39 is 11.5 Å². The fourth-order valence-corrected chi connectivity index (χ4v) is 2.68. The number of rotatable bonds is 6. The first-order valence-electron chi connectivity index (χ1n) is 6.28. The molecule has 0 radical (unpaired) electrons. The molecule has 0 aliphatic heterocycles. The zero-order valence-corrected chi connectivity index (χ0v) is 12.9. The molecule has 0 spiro atoms. The number of carboxylic acids is 1. The van der Waals surface area contributed by atoms with Gasteiger partial charge in [0, 0.05) is 23.2 Å². The van der Waals surface area contributed by atoms with Gasteiger partial charge < -0.3 is 15.7 Å². The molecule has 0 aliphatic rings. The fraction of sp³-hybridized carbons (Fsp3) is 0.231. The number of aliphatic carboxylic acids is 1. The summed E-state index contributed by atoms with van der Waals surface area (Å²) in [7, 11) is 0. The molecule has 0 saturated carbocycles. The highest BCUT2D eigenvalue weighted by Crippen LogP contribution is 2.20. The molecule has 9 heteroatoms. The predicted molar refractivity (Wildman–Crippen MR) is 80.8 cm³/mol. The monoisotopic (exact) mass is 339 g/mol. The van der Waals surface area contributed by atoms with Gasteiger partial charge in [-0.1, -0.05) is 35.5 Å². The van der Waals surface area contributed by atoms with Gasteiger partial charge in [0.25, 0.3) is 5.56 Å². The third-order valence-electron chi connectivity index (χ3n) is 2.75. The van der Waals surface area contributed by atoms with E-state index in [1.807, 2.05) is 12.1 Å². The lowest BCUT2D eigenvalue weighted by Gasteiger charge is -2.08. The van der Waals surface area contributed by atoms with E-state index in [9.17, 15) is 14.7 Å². The van der Waals surface area contributed by atoms with E-state index in [0.717, 1.165) is 10.2 Å². The molecule has 0 amide bonds. The summed E-state index contributed by atoms with van der Waals surface area (Å²) >= 11 is 7.13. The lowest BCUT2D eigenvalue weighted by Crippen LogP contribution is -2.34. The molecule has 0 bridgehead atoms. The second-order valence-electron chi connectivity index (χ2n) is 4.40. The minimum Gasteiger partial charge on any atom is -0.550 e. The zero-order chi connectivity index (χ0) is 16.1. The number of carbonyl (C=O) groups is 1. The number of carboxylic acid groups (broad SMARTS) is 1. The van der Waals surface area contributed by atoms with E-state index in [1.165, 1.54) is 11.8 Å².